The minimum Gasteiger partial charge on any atom is -0.408 e. The quantitative estimate of drug-likeness (QED) is 0.0648. The normalized spacial score (nSPS) is 47.9. The molecule has 3 heterocycles. The number of carbonyl (C=O) groups excluding carboxylic acids is 2. The summed E-state index contributed by atoms with van der Waals surface area (Å²) in [6.07, 6.45) is 9.23. The van der Waals surface area contributed by atoms with Crippen LogP contribution in [0.25, 0.3) is 0 Å². The van der Waals surface area contributed by atoms with E-state index in [1.54, 1.807) is 0 Å². The van der Waals surface area contributed by atoms with Crippen molar-refractivity contribution in [3.05, 3.63) is 47.5 Å². The first kappa shape index (κ1) is 61.7. The van der Waals surface area contributed by atoms with Crippen LogP contribution in [0.3, 0.4) is 0 Å². The first-order valence-corrected chi connectivity index (χ1v) is 34.7. The summed E-state index contributed by atoms with van der Waals surface area (Å²) in [6, 6.07) is 13.7. The molecule has 3 aliphatic heterocycles. The molecule has 0 aromatic heterocycles. The van der Waals surface area contributed by atoms with E-state index in [9.17, 15) is 9.59 Å². The largest absolute Gasteiger partial charge is 0.408 e. The summed E-state index contributed by atoms with van der Waals surface area (Å²) in [5, 5.41) is 0. The molecule has 1 aromatic rings. The molecular weight excluding hydrogens is 1000 g/mol. The lowest BCUT2D eigenvalue weighted by atomic mass is 9.33. The van der Waals surface area contributed by atoms with Crippen molar-refractivity contribution in [2.24, 2.45) is 85.8 Å². The molecule has 79 heavy (non-hydrogen) atoms. The fourth-order valence-electron chi connectivity index (χ4n) is 19.1. The maximum absolute atomic E-state index is 14.5. The second kappa shape index (κ2) is 23.2. The number of rotatable bonds is 17. The molecule has 446 valence electrons. The minimum absolute atomic E-state index is 0.0177. The van der Waals surface area contributed by atoms with E-state index in [-0.39, 0.29) is 81.6 Å². The van der Waals surface area contributed by atoms with E-state index in [1.807, 2.05) is 14.0 Å². The van der Waals surface area contributed by atoms with Crippen LogP contribution in [-0.4, -0.2) is 95.7 Å². The van der Waals surface area contributed by atoms with Gasteiger partial charge in [0.2, 0.25) is 0 Å². The van der Waals surface area contributed by atoms with E-state index in [2.05, 4.69) is 147 Å². The SMILES string of the molecule is CCC1O[C@@H](OC2[C@H](O[C@H]3CCC4(C)C5CC=C6C7CC(C)(C)CC[C@]7(C(C)=O)[C@H](OC)CC6(C)C5(C)CC[C@H]4C3(C)C=O)OC(Cc3ccccc3)[C@@H](C)[C@@H]2O[C@@H]2OC[C@@H](C)[C@H](C)C2C)C(O[Si](CC)(CC)CC)[C@@H](C)[C@H]1C. The number of benzene rings is 1. The molecule has 0 N–H and O–H groups in total. The first-order chi connectivity index (χ1) is 37.3. The molecule has 7 fully saturated rings. The third-order valence-corrected chi connectivity index (χ3v) is 30.2. The number of fused-ring (bicyclic) bond motifs is 7. The van der Waals surface area contributed by atoms with Crippen LogP contribution in [0.1, 0.15) is 187 Å². The molecule has 9 rings (SSSR count). The molecular formula is C68H110O10Si. The predicted octanol–water partition coefficient (Wildman–Crippen LogP) is 15.0. The standard InChI is InChI=1S/C68H110O10Si/c1-19-51-43(7)44(8)58(78-79(20-2,21-3)22-4)61(73-51)77-59-57(76-60-45(9)42(6)41(5)39-72-60)46(10)52(36-48-26-24-23-25-27-48)74-62(59)75-55-31-32-64(14)53(65(55,15)40-69)30-33-66(16)54(64)29-28-49-50-37-63(12,13)34-35-68(50,47(11)70)56(71-18)38-67(49,66)17/h23-28,40-46,50-62H,19-22,29-39H2,1-18H3/t41-,42+,43-,44+,45?,46-,50?,51?,52?,53-,54?,55+,56-,57+,58?,59?,60+,61+,62+,64?,65?,66?,67?,68-/m1/s1. The number of Topliss-reactive ketones (excluding diaryl/α,β-unsaturated/α-hetero) is 1. The lowest BCUT2D eigenvalue weighted by Gasteiger charge is -2.72. The molecule has 0 bridgehead atoms. The molecule has 1 aromatic carbocycles. The molecule has 24 atom stereocenters. The molecule has 10 nitrogen and oxygen atoms in total. The second-order valence-electron chi connectivity index (χ2n) is 29.6. The smallest absolute Gasteiger partial charge is 0.192 e. The van der Waals surface area contributed by atoms with Crippen LogP contribution < -0.4 is 0 Å². The van der Waals surface area contributed by atoms with Crippen LogP contribution in [0, 0.1) is 85.8 Å². The van der Waals surface area contributed by atoms with E-state index >= 15 is 0 Å². The van der Waals surface area contributed by atoms with Crippen molar-refractivity contribution in [2.75, 3.05) is 13.7 Å². The summed E-state index contributed by atoms with van der Waals surface area (Å²) >= 11 is 0. The van der Waals surface area contributed by atoms with Crippen LogP contribution >= 0.6 is 0 Å². The maximum atomic E-state index is 14.5. The molecule has 5 aliphatic carbocycles. The number of carbonyl (C=O) groups is 2. The van der Waals surface area contributed by atoms with Gasteiger partial charge in [-0.25, -0.2) is 0 Å². The van der Waals surface area contributed by atoms with Crippen LogP contribution in [0.2, 0.25) is 18.1 Å². The molecule has 3 saturated heterocycles. The van der Waals surface area contributed by atoms with E-state index in [0.717, 1.165) is 75.9 Å². The summed E-state index contributed by atoms with van der Waals surface area (Å²) < 4.78 is 58.5. The molecule has 8 aliphatic rings. The minimum atomic E-state index is -2.15. The topological polar surface area (TPSA) is 108 Å². The van der Waals surface area contributed by atoms with Gasteiger partial charge in [-0.2, -0.15) is 0 Å². The van der Waals surface area contributed by atoms with Crippen molar-refractivity contribution in [3.8, 4) is 0 Å². The lowest BCUT2D eigenvalue weighted by Crippen LogP contribution is -2.68. The van der Waals surface area contributed by atoms with Crippen LogP contribution in [0.5, 0.6) is 0 Å². The van der Waals surface area contributed by atoms with Gasteiger partial charge in [0, 0.05) is 18.9 Å². The third kappa shape index (κ3) is 10.4. The van der Waals surface area contributed by atoms with Crippen molar-refractivity contribution in [2.45, 2.75) is 268 Å². The van der Waals surface area contributed by atoms with Gasteiger partial charge in [0.05, 0.1) is 54.1 Å². The zero-order chi connectivity index (χ0) is 57.4. The van der Waals surface area contributed by atoms with Gasteiger partial charge in [0.25, 0.3) is 0 Å². The van der Waals surface area contributed by atoms with E-state index < -0.39 is 56.3 Å². The van der Waals surface area contributed by atoms with Gasteiger partial charge < -0.3 is 42.4 Å². The van der Waals surface area contributed by atoms with Gasteiger partial charge in [-0.15, -0.1) is 0 Å². The summed E-state index contributed by atoms with van der Waals surface area (Å²) in [6.45, 7) is 40.0. The van der Waals surface area contributed by atoms with Crippen molar-refractivity contribution >= 4 is 20.4 Å². The predicted molar refractivity (Wildman–Crippen MR) is 315 cm³/mol. The summed E-state index contributed by atoms with van der Waals surface area (Å²) in [7, 11) is -0.302. The van der Waals surface area contributed by atoms with Gasteiger partial charge in [-0.3, -0.25) is 4.79 Å². The number of ether oxygens (including phenoxy) is 7. The Hall–Kier alpha value is -1.80. The van der Waals surface area contributed by atoms with Gasteiger partial charge in [-0.1, -0.05) is 153 Å². The number of hydrogen-bond donors (Lipinski definition) is 0. The van der Waals surface area contributed by atoms with Gasteiger partial charge in [0.15, 0.2) is 27.2 Å². The summed E-state index contributed by atoms with van der Waals surface area (Å²) in [5.74, 6) is 2.11. The average molecular weight is 1120 g/mol. The van der Waals surface area contributed by atoms with Crippen LogP contribution in [0.15, 0.2) is 42.0 Å². The highest BCUT2D eigenvalue weighted by Crippen LogP contribution is 2.76. The van der Waals surface area contributed by atoms with Crippen molar-refractivity contribution < 1.29 is 47.2 Å². The maximum Gasteiger partial charge on any atom is 0.192 e. The number of ketones is 1. The Morgan fingerprint density at radius 3 is 1.99 bits per heavy atom. The zero-order valence-electron chi connectivity index (χ0n) is 52.7. The fourth-order valence-corrected chi connectivity index (χ4v) is 22.0. The van der Waals surface area contributed by atoms with Crippen LogP contribution in [-0.2, 0) is 53.6 Å². The highest BCUT2D eigenvalue weighted by molar-refractivity contribution is 6.73. The number of allylic oxidation sites excluding steroid dienone is 2. The second-order valence-corrected chi connectivity index (χ2v) is 34.3. The van der Waals surface area contributed by atoms with E-state index in [0.29, 0.717) is 43.0 Å². The highest BCUT2D eigenvalue weighted by atomic mass is 28.4. The molecule has 0 spiro atoms. The number of hydrogen-bond acceptors (Lipinski definition) is 10. The Bertz CT molecular complexity index is 2300. The monoisotopic (exact) mass is 1110 g/mol. The van der Waals surface area contributed by atoms with Gasteiger partial charge >= 0.3 is 0 Å². The van der Waals surface area contributed by atoms with Crippen molar-refractivity contribution in [1.82, 2.24) is 0 Å². The molecule has 0 radical (unpaired) electrons. The highest BCUT2D eigenvalue weighted by Gasteiger charge is 2.72. The molecule has 0 amide bonds. The number of aldehydes is 1. The summed E-state index contributed by atoms with van der Waals surface area (Å²) in [5.41, 5.74) is 1.14. The van der Waals surface area contributed by atoms with Crippen molar-refractivity contribution in [3.63, 3.8) is 0 Å². The average Bonchev–Trinajstić information content (AvgIpc) is 3.62. The fraction of sp³-hybridized carbons (Fsp3) is 0.853. The van der Waals surface area contributed by atoms with Gasteiger partial charge in [-0.05, 0) is 164 Å². The van der Waals surface area contributed by atoms with E-state index in [1.165, 1.54) is 17.4 Å². The summed E-state index contributed by atoms with van der Waals surface area (Å²) in [4.78, 5) is 28.7. The molecule has 11 heteroatoms. The Labute approximate surface area is 480 Å². The Kier molecular flexibility index (Phi) is 18.2. The van der Waals surface area contributed by atoms with E-state index in [4.69, 9.17) is 37.6 Å². The first-order valence-electron chi connectivity index (χ1n) is 32.1. The Morgan fingerprint density at radius 2 is 1.35 bits per heavy atom. The molecule has 11 unspecified atom stereocenters. The van der Waals surface area contributed by atoms with Gasteiger partial charge in [0.1, 0.15) is 18.2 Å². The third-order valence-electron chi connectivity index (χ3n) is 25.6. The number of methoxy groups -OCH3 is 1. The zero-order valence-corrected chi connectivity index (χ0v) is 53.7. The van der Waals surface area contributed by atoms with Crippen molar-refractivity contribution in [1.29, 1.82) is 0 Å². The Morgan fingerprint density at radius 1 is 0.696 bits per heavy atom. The lowest BCUT2D eigenvalue weighted by molar-refractivity contribution is -0.380. The Balaban J connectivity index is 1.10. The van der Waals surface area contributed by atoms with Crippen LogP contribution in [0.4, 0.5) is 0 Å². The molecule has 4 saturated carbocycles.